The first-order valence-electron chi connectivity index (χ1n) is 6.40. The minimum absolute atomic E-state index is 0.342. The molecule has 1 unspecified atom stereocenters. The number of rotatable bonds is 5. The molecule has 1 aliphatic heterocycles. The average molecular weight is 248 g/mol. The Bertz CT molecular complexity index is 403. The molecule has 1 aromatic rings. The van der Waals surface area contributed by atoms with Crippen molar-refractivity contribution in [1.29, 1.82) is 0 Å². The molecule has 0 radical (unpaired) electrons. The molecule has 4 heteroatoms. The third kappa shape index (κ3) is 3.31. The van der Waals surface area contributed by atoms with Crippen molar-refractivity contribution in [3.8, 4) is 0 Å². The van der Waals surface area contributed by atoms with E-state index in [1.165, 1.54) is 19.4 Å². The number of benzene rings is 1. The highest BCUT2D eigenvalue weighted by Gasteiger charge is 2.19. The number of hydrogen-bond acceptors (Lipinski definition) is 3. The van der Waals surface area contributed by atoms with E-state index in [1.54, 1.807) is 12.1 Å². The molecule has 1 aliphatic rings. The van der Waals surface area contributed by atoms with Crippen LogP contribution in [0.15, 0.2) is 24.3 Å². The Morgan fingerprint density at radius 3 is 2.72 bits per heavy atom. The van der Waals surface area contributed by atoms with Crippen LogP contribution in [0.25, 0.3) is 0 Å². The first-order chi connectivity index (χ1) is 8.66. The number of carbonyl (C=O) groups is 1. The van der Waals surface area contributed by atoms with Gasteiger partial charge in [0.2, 0.25) is 0 Å². The van der Waals surface area contributed by atoms with Gasteiger partial charge in [0.05, 0.1) is 5.56 Å². The number of carboxylic acid groups (broad SMARTS) is 1. The maximum absolute atomic E-state index is 10.7. The van der Waals surface area contributed by atoms with E-state index < -0.39 is 5.97 Å². The van der Waals surface area contributed by atoms with Gasteiger partial charge < -0.3 is 15.3 Å². The van der Waals surface area contributed by atoms with Crippen LogP contribution in [-0.4, -0.2) is 42.2 Å². The molecule has 98 valence electrons. The van der Waals surface area contributed by atoms with E-state index in [-0.39, 0.29) is 0 Å². The second-order valence-electron chi connectivity index (χ2n) is 4.91. The Morgan fingerprint density at radius 2 is 2.17 bits per heavy atom. The Balaban J connectivity index is 1.78. The smallest absolute Gasteiger partial charge is 0.335 e. The predicted octanol–water partition coefficient (Wildman–Crippen LogP) is 1.57. The summed E-state index contributed by atoms with van der Waals surface area (Å²) in [4.78, 5) is 13.1. The number of hydrogen-bond donors (Lipinski definition) is 2. The Hall–Kier alpha value is -1.39. The van der Waals surface area contributed by atoms with Gasteiger partial charge in [0.1, 0.15) is 0 Å². The van der Waals surface area contributed by atoms with Crippen molar-refractivity contribution in [1.82, 2.24) is 10.2 Å². The van der Waals surface area contributed by atoms with Gasteiger partial charge in [0.25, 0.3) is 0 Å². The standard InChI is InChI=1S/C14H20N2O2/c1-16-8-2-3-13(16)10-15-9-11-4-6-12(7-5-11)14(17)18/h4-7,13,15H,2-3,8-10H2,1H3,(H,17,18). The lowest BCUT2D eigenvalue weighted by molar-refractivity contribution is 0.0697. The number of carboxylic acids is 1. The summed E-state index contributed by atoms with van der Waals surface area (Å²) in [5.41, 5.74) is 1.47. The molecule has 1 aromatic carbocycles. The van der Waals surface area contributed by atoms with Crippen molar-refractivity contribution in [3.05, 3.63) is 35.4 Å². The van der Waals surface area contributed by atoms with E-state index in [4.69, 9.17) is 5.11 Å². The minimum Gasteiger partial charge on any atom is -0.478 e. The lowest BCUT2D eigenvalue weighted by Crippen LogP contribution is -2.35. The van der Waals surface area contributed by atoms with E-state index in [2.05, 4.69) is 17.3 Å². The van der Waals surface area contributed by atoms with Crippen molar-refractivity contribution in [2.75, 3.05) is 20.1 Å². The summed E-state index contributed by atoms with van der Waals surface area (Å²) in [6.45, 7) is 2.99. The van der Waals surface area contributed by atoms with E-state index in [0.717, 1.165) is 18.7 Å². The van der Waals surface area contributed by atoms with Gasteiger partial charge >= 0.3 is 5.97 Å². The van der Waals surface area contributed by atoms with Crippen LogP contribution < -0.4 is 5.32 Å². The molecule has 18 heavy (non-hydrogen) atoms. The third-order valence-electron chi connectivity index (χ3n) is 3.58. The molecule has 2 N–H and O–H groups in total. The largest absolute Gasteiger partial charge is 0.478 e. The molecular weight excluding hydrogens is 228 g/mol. The molecule has 1 fully saturated rings. The maximum Gasteiger partial charge on any atom is 0.335 e. The van der Waals surface area contributed by atoms with E-state index in [0.29, 0.717) is 11.6 Å². The van der Waals surface area contributed by atoms with E-state index >= 15 is 0 Å². The molecule has 0 bridgehead atoms. The van der Waals surface area contributed by atoms with Crippen molar-refractivity contribution in [3.63, 3.8) is 0 Å². The molecule has 1 atom stereocenters. The van der Waals surface area contributed by atoms with E-state index in [9.17, 15) is 4.79 Å². The molecule has 1 heterocycles. The van der Waals surface area contributed by atoms with Gasteiger partial charge in [-0.15, -0.1) is 0 Å². The van der Waals surface area contributed by atoms with Gasteiger partial charge in [-0.2, -0.15) is 0 Å². The SMILES string of the molecule is CN1CCCC1CNCc1ccc(C(=O)O)cc1. The van der Waals surface area contributed by atoms with Gasteiger partial charge in [-0.1, -0.05) is 12.1 Å². The molecule has 0 aliphatic carbocycles. The summed E-state index contributed by atoms with van der Waals surface area (Å²) in [7, 11) is 2.17. The third-order valence-corrected chi connectivity index (χ3v) is 3.58. The lowest BCUT2D eigenvalue weighted by atomic mass is 10.1. The number of aromatic carboxylic acids is 1. The Labute approximate surface area is 108 Å². The minimum atomic E-state index is -0.873. The van der Waals surface area contributed by atoms with Crippen LogP contribution in [0.2, 0.25) is 0 Å². The molecule has 1 saturated heterocycles. The summed E-state index contributed by atoms with van der Waals surface area (Å²) >= 11 is 0. The highest BCUT2D eigenvalue weighted by Crippen LogP contribution is 2.13. The first-order valence-corrected chi connectivity index (χ1v) is 6.40. The molecule has 0 spiro atoms. The zero-order valence-electron chi connectivity index (χ0n) is 10.7. The van der Waals surface area contributed by atoms with Crippen LogP contribution in [0.3, 0.4) is 0 Å². The van der Waals surface area contributed by atoms with Crippen molar-refractivity contribution in [2.24, 2.45) is 0 Å². The summed E-state index contributed by atoms with van der Waals surface area (Å²) in [6.07, 6.45) is 2.55. The molecule has 2 rings (SSSR count). The fourth-order valence-electron chi connectivity index (χ4n) is 2.39. The molecule has 4 nitrogen and oxygen atoms in total. The highest BCUT2D eigenvalue weighted by atomic mass is 16.4. The quantitative estimate of drug-likeness (QED) is 0.830. The van der Waals surface area contributed by atoms with Crippen LogP contribution in [0.4, 0.5) is 0 Å². The van der Waals surface area contributed by atoms with Gasteiger partial charge in [0, 0.05) is 19.1 Å². The van der Waals surface area contributed by atoms with Crippen molar-refractivity contribution >= 4 is 5.97 Å². The molecular formula is C14H20N2O2. The Kier molecular flexibility index (Phi) is 4.33. The van der Waals surface area contributed by atoms with Gasteiger partial charge in [-0.05, 0) is 44.1 Å². The van der Waals surface area contributed by atoms with Crippen LogP contribution in [0, 0.1) is 0 Å². The summed E-state index contributed by atoms with van der Waals surface area (Å²) < 4.78 is 0. The maximum atomic E-state index is 10.7. The van der Waals surface area contributed by atoms with Gasteiger partial charge in [0.15, 0.2) is 0 Å². The topological polar surface area (TPSA) is 52.6 Å². The summed E-state index contributed by atoms with van der Waals surface area (Å²) in [5.74, 6) is -0.873. The number of likely N-dealkylation sites (tertiary alicyclic amines) is 1. The average Bonchev–Trinajstić information content (AvgIpc) is 2.76. The first kappa shape index (κ1) is 13.1. The second-order valence-corrected chi connectivity index (χ2v) is 4.91. The zero-order valence-corrected chi connectivity index (χ0v) is 10.7. The number of nitrogens with one attached hydrogen (secondary N) is 1. The van der Waals surface area contributed by atoms with Crippen LogP contribution in [-0.2, 0) is 6.54 Å². The van der Waals surface area contributed by atoms with Crippen LogP contribution >= 0.6 is 0 Å². The second kappa shape index (κ2) is 5.98. The van der Waals surface area contributed by atoms with Crippen molar-refractivity contribution < 1.29 is 9.90 Å². The van der Waals surface area contributed by atoms with E-state index in [1.807, 2.05) is 12.1 Å². The fraction of sp³-hybridized carbons (Fsp3) is 0.500. The monoisotopic (exact) mass is 248 g/mol. The highest BCUT2D eigenvalue weighted by molar-refractivity contribution is 5.87. The molecule has 0 saturated carbocycles. The molecule has 0 amide bonds. The summed E-state index contributed by atoms with van der Waals surface area (Å²) in [5, 5.41) is 12.2. The zero-order chi connectivity index (χ0) is 13.0. The number of nitrogens with zero attached hydrogens (tertiary/aromatic N) is 1. The normalized spacial score (nSPS) is 20.2. The lowest BCUT2D eigenvalue weighted by Gasteiger charge is -2.19. The Morgan fingerprint density at radius 1 is 1.44 bits per heavy atom. The van der Waals surface area contributed by atoms with Crippen LogP contribution in [0.1, 0.15) is 28.8 Å². The predicted molar refractivity (Wildman–Crippen MR) is 70.8 cm³/mol. The van der Waals surface area contributed by atoms with Gasteiger partial charge in [-0.25, -0.2) is 4.79 Å². The van der Waals surface area contributed by atoms with Gasteiger partial charge in [-0.3, -0.25) is 0 Å². The summed E-state index contributed by atoms with van der Waals surface area (Å²) in [6, 6.07) is 7.69. The molecule has 0 aromatic heterocycles. The number of likely N-dealkylation sites (N-methyl/N-ethyl adjacent to an activating group) is 1. The fourth-order valence-corrected chi connectivity index (χ4v) is 2.39. The van der Waals surface area contributed by atoms with Crippen molar-refractivity contribution in [2.45, 2.75) is 25.4 Å². The van der Waals surface area contributed by atoms with Crippen LogP contribution in [0.5, 0.6) is 0 Å².